The number of hydrogen-bond donors (Lipinski definition) is 6. The van der Waals surface area contributed by atoms with Gasteiger partial charge < -0.3 is 37.3 Å². The monoisotopic (exact) mass is 513 g/mol. The third-order valence-electron chi connectivity index (χ3n) is 6.82. The van der Waals surface area contributed by atoms with Crippen molar-refractivity contribution in [3.63, 3.8) is 0 Å². The molecule has 0 aliphatic carbocycles. The molecule has 13 nitrogen and oxygen atoms in total. The van der Waals surface area contributed by atoms with Crippen LogP contribution in [0, 0.1) is 5.92 Å². The number of aliphatic carboxylic acids is 1. The summed E-state index contributed by atoms with van der Waals surface area (Å²) in [6.07, 6.45) is 0.808. The van der Waals surface area contributed by atoms with Gasteiger partial charge in [0.1, 0.15) is 30.1 Å². The van der Waals surface area contributed by atoms with E-state index in [0.717, 1.165) is 5.56 Å². The average Bonchev–Trinajstić information content (AvgIpc) is 3.42. The van der Waals surface area contributed by atoms with Gasteiger partial charge in [0.05, 0.1) is 12.4 Å². The molecule has 198 valence electrons. The Bertz CT molecular complexity index is 1270. The highest BCUT2D eigenvalue weighted by molar-refractivity contribution is 5.92. The molecule has 2 aromatic heterocycles. The van der Waals surface area contributed by atoms with Crippen LogP contribution in [0.25, 0.3) is 11.2 Å². The molecule has 0 spiro atoms. The molecule has 1 amide bonds. The summed E-state index contributed by atoms with van der Waals surface area (Å²) in [6, 6.07) is 5.97. The third kappa shape index (κ3) is 5.85. The number of carboxylic acids is 1. The Balaban J connectivity index is 1.49. The molecule has 1 aliphatic heterocycles. The summed E-state index contributed by atoms with van der Waals surface area (Å²) >= 11 is 0. The smallest absolute Gasteiger partial charge is 0.320 e. The summed E-state index contributed by atoms with van der Waals surface area (Å²) in [7, 11) is 0. The van der Waals surface area contributed by atoms with Gasteiger partial charge in [-0.25, -0.2) is 15.0 Å². The second-order valence-electron chi connectivity index (χ2n) is 9.36. The van der Waals surface area contributed by atoms with Crippen molar-refractivity contribution in [2.45, 2.75) is 62.7 Å². The van der Waals surface area contributed by atoms with E-state index in [0.29, 0.717) is 42.4 Å². The maximum atomic E-state index is 11.5. The number of aromatic nitrogens is 4. The minimum Gasteiger partial charge on any atom is -0.480 e. The van der Waals surface area contributed by atoms with Crippen molar-refractivity contribution in [2.24, 2.45) is 17.4 Å². The number of rotatable bonds is 11. The van der Waals surface area contributed by atoms with Crippen LogP contribution in [0.2, 0.25) is 0 Å². The van der Waals surface area contributed by atoms with Crippen molar-refractivity contribution >= 4 is 28.9 Å². The number of nitrogen functional groups attached to an aromatic ring is 1. The number of ether oxygens (including phenoxy) is 1. The molecule has 0 bridgehead atoms. The third-order valence-corrected chi connectivity index (χ3v) is 6.82. The zero-order chi connectivity index (χ0) is 26.7. The number of imidazole rings is 1. The van der Waals surface area contributed by atoms with Gasteiger partial charge in [0, 0.05) is 5.56 Å². The van der Waals surface area contributed by atoms with E-state index in [4.69, 9.17) is 21.9 Å². The largest absolute Gasteiger partial charge is 0.480 e. The van der Waals surface area contributed by atoms with Crippen LogP contribution in [0.5, 0.6) is 0 Å². The number of benzene rings is 1. The van der Waals surface area contributed by atoms with Crippen LogP contribution in [0.3, 0.4) is 0 Å². The molecule has 3 heterocycles. The Morgan fingerprint density at radius 3 is 2.62 bits per heavy atom. The van der Waals surface area contributed by atoms with Gasteiger partial charge in [-0.2, -0.15) is 0 Å². The van der Waals surface area contributed by atoms with Gasteiger partial charge in [-0.3, -0.25) is 14.2 Å². The number of amides is 1. The van der Waals surface area contributed by atoms with Gasteiger partial charge in [-0.15, -0.1) is 0 Å². The lowest BCUT2D eigenvalue weighted by Gasteiger charge is -2.23. The Hall–Kier alpha value is -3.65. The molecule has 13 heteroatoms. The molecular formula is C24H31N7O6. The van der Waals surface area contributed by atoms with Gasteiger partial charge in [-0.1, -0.05) is 12.1 Å². The first kappa shape index (κ1) is 26.4. The van der Waals surface area contributed by atoms with E-state index in [1.807, 2.05) is 6.07 Å². The number of carbonyl (C=O) groups is 2. The molecule has 3 aromatic rings. The van der Waals surface area contributed by atoms with Gasteiger partial charge >= 0.3 is 5.97 Å². The Morgan fingerprint density at radius 2 is 1.89 bits per heavy atom. The number of carbonyl (C=O) groups excluding carboxylic acids is 1. The van der Waals surface area contributed by atoms with E-state index in [9.17, 15) is 24.9 Å². The number of hydrogen-bond acceptors (Lipinski definition) is 10. The Kier molecular flexibility index (Phi) is 7.97. The maximum Gasteiger partial charge on any atom is 0.320 e. The van der Waals surface area contributed by atoms with Crippen molar-refractivity contribution in [2.75, 3.05) is 5.73 Å². The van der Waals surface area contributed by atoms with Crippen molar-refractivity contribution in [3.05, 3.63) is 48.0 Å². The highest BCUT2D eigenvalue weighted by Gasteiger charge is 2.45. The number of nitrogens with two attached hydrogens (primary N) is 3. The van der Waals surface area contributed by atoms with Crippen molar-refractivity contribution < 1.29 is 29.6 Å². The van der Waals surface area contributed by atoms with E-state index < -0.39 is 42.5 Å². The number of aryl methyl sites for hydroxylation is 1. The number of aliphatic hydroxyl groups is 2. The molecule has 6 atom stereocenters. The minimum absolute atomic E-state index is 0.0919. The number of fused-ring (bicyclic) bond motifs is 1. The first-order valence-electron chi connectivity index (χ1n) is 12.0. The maximum absolute atomic E-state index is 11.5. The summed E-state index contributed by atoms with van der Waals surface area (Å²) < 4.78 is 7.58. The van der Waals surface area contributed by atoms with Gasteiger partial charge in [-0.05, 0) is 55.7 Å². The topological polar surface area (TPSA) is 226 Å². The van der Waals surface area contributed by atoms with Crippen LogP contribution in [-0.4, -0.2) is 71.1 Å². The fraction of sp³-hybridized carbons (Fsp3) is 0.458. The van der Waals surface area contributed by atoms with E-state index in [2.05, 4.69) is 15.0 Å². The van der Waals surface area contributed by atoms with E-state index in [1.54, 1.807) is 18.2 Å². The summed E-state index contributed by atoms with van der Waals surface area (Å²) in [5.41, 5.74) is 19.0. The summed E-state index contributed by atoms with van der Waals surface area (Å²) in [5.74, 6) is -1.52. The molecule has 9 N–H and O–H groups in total. The Morgan fingerprint density at radius 1 is 1.11 bits per heavy atom. The molecule has 1 aromatic carbocycles. The molecule has 1 saturated heterocycles. The van der Waals surface area contributed by atoms with Gasteiger partial charge in [0.2, 0.25) is 5.91 Å². The van der Waals surface area contributed by atoms with E-state index in [-0.39, 0.29) is 18.2 Å². The molecule has 1 fully saturated rings. The van der Waals surface area contributed by atoms with E-state index in [1.165, 1.54) is 17.2 Å². The summed E-state index contributed by atoms with van der Waals surface area (Å²) in [6.45, 7) is 0. The van der Waals surface area contributed by atoms with Crippen LogP contribution in [0.4, 0.5) is 5.82 Å². The van der Waals surface area contributed by atoms with Gasteiger partial charge in [0.25, 0.3) is 0 Å². The predicted octanol–water partition coefficient (Wildman–Crippen LogP) is -0.0422. The lowest BCUT2D eigenvalue weighted by molar-refractivity contribution is -0.138. The molecule has 0 saturated carbocycles. The second-order valence-corrected chi connectivity index (χ2v) is 9.36. The SMILES string of the molecule is NC(=O)c1cccc(CC[C@H](CC[C@H](N)C(=O)O)C[C@H]2O[C@@H](n3cnc4c(N)ncnc43)[C@H](O)[C@@H]2O)c1. The molecule has 0 radical (unpaired) electrons. The molecule has 0 unspecified atom stereocenters. The lowest BCUT2D eigenvalue weighted by Crippen LogP contribution is -2.33. The zero-order valence-electron chi connectivity index (χ0n) is 20.1. The zero-order valence-corrected chi connectivity index (χ0v) is 20.1. The number of aliphatic hydroxyl groups excluding tert-OH is 2. The second kappa shape index (κ2) is 11.2. The van der Waals surface area contributed by atoms with Crippen LogP contribution in [-0.2, 0) is 16.0 Å². The summed E-state index contributed by atoms with van der Waals surface area (Å²) in [4.78, 5) is 35.0. The van der Waals surface area contributed by atoms with Crippen molar-refractivity contribution in [3.8, 4) is 0 Å². The standard InChI is InChI=1S/C24H31N7O6/c25-15(24(35)36)7-6-13(5-4-12-2-1-3-14(8-12)21(27)34)9-16-18(32)19(33)23(37-16)31-11-30-17-20(26)28-10-29-22(17)31/h1-3,8,10-11,13,15-16,18-19,23,32-33H,4-7,9,25H2,(H2,27,34)(H,35,36)(H2,26,28,29)/t13-,15+,16-,18-,19-,23-/m1/s1. The molecule has 4 rings (SSSR count). The number of carboxylic acid groups (broad SMARTS) is 1. The summed E-state index contributed by atoms with van der Waals surface area (Å²) in [5, 5.41) is 30.8. The number of primary amides is 1. The lowest BCUT2D eigenvalue weighted by atomic mass is 9.87. The molecular weight excluding hydrogens is 482 g/mol. The Labute approximate surface area is 212 Å². The quantitative estimate of drug-likeness (QED) is 0.199. The first-order valence-corrected chi connectivity index (χ1v) is 12.0. The van der Waals surface area contributed by atoms with Crippen molar-refractivity contribution in [1.82, 2.24) is 19.5 Å². The first-order chi connectivity index (χ1) is 17.7. The van der Waals surface area contributed by atoms with Crippen LogP contribution in [0.1, 0.15) is 47.8 Å². The highest BCUT2D eigenvalue weighted by atomic mass is 16.6. The highest BCUT2D eigenvalue weighted by Crippen LogP contribution is 2.36. The number of nitrogens with zero attached hydrogens (tertiary/aromatic N) is 4. The van der Waals surface area contributed by atoms with E-state index >= 15 is 0 Å². The predicted molar refractivity (Wildman–Crippen MR) is 132 cm³/mol. The van der Waals surface area contributed by atoms with Crippen LogP contribution < -0.4 is 17.2 Å². The minimum atomic E-state index is -1.26. The van der Waals surface area contributed by atoms with Gasteiger partial charge in [0.15, 0.2) is 17.7 Å². The average molecular weight is 514 g/mol. The number of anilines is 1. The fourth-order valence-electron chi connectivity index (χ4n) is 4.71. The molecule has 1 aliphatic rings. The normalized spacial score (nSPS) is 23.2. The molecule has 37 heavy (non-hydrogen) atoms. The fourth-order valence-corrected chi connectivity index (χ4v) is 4.71. The van der Waals surface area contributed by atoms with Crippen molar-refractivity contribution in [1.29, 1.82) is 0 Å². The van der Waals surface area contributed by atoms with Crippen LogP contribution >= 0.6 is 0 Å². The van der Waals surface area contributed by atoms with Crippen LogP contribution in [0.15, 0.2) is 36.9 Å².